The zero-order valence-corrected chi connectivity index (χ0v) is 11.9. The van der Waals surface area contributed by atoms with E-state index in [1.165, 1.54) is 12.1 Å². The van der Waals surface area contributed by atoms with Gasteiger partial charge in [0.1, 0.15) is 11.5 Å². The summed E-state index contributed by atoms with van der Waals surface area (Å²) in [5.41, 5.74) is -4.34. The van der Waals surface area contributed by atoms with Gasteiger partial charge in [0, 0.05) is 5.75 Å². The Hall–Kier alpha value is -0.770. The molecule has 0 atom stereocenters. The maximum absolute atomic E-state index is 12.0. The van der Waals surface area contributed by atoms with Crippen LogP contribution in [0.5, 0.6) is 11.5 Å². The van der Waals surface area contributed by atoms with E-state index in [0.29, 0.717) is 0 Å². The number of thioether (sulfide) groups is 1. The van der Waals surface area contributed by atoms with Crippen LogP contribution in [0.1, 0.15) is 0 Å². The van der Waals surface area contributed by atoms with Gasteiger partial charge in [-0.2, -0.15) is 13.2 Å². The Morgan fingerprint density at radius 1 is 1.10 bits per heavy atom. The Labute approximate surface area is 122 Å². The summed E-state index contributed by atoms with van der Waals surface area (Å²) < 4.78 is 80.2. The number of alkyl halides is 6. The molecule has 1 rings (SSSR count). The molecular formula is C10H7BrF6O2S. The molecule has 2 nitrogen and oxygen atoms in total. The highest BCUT2D eigenvalue weighted by Crippen LogP contribution is 2.33. The van der Waals surface area contributed by atoms with Crippen LogP contribution in [0, 0.1) is 0 Å². The first-order valence-corrected chi connectivity index (χ1v) is 6.73. The van der Waals surface area contributed by atoms with Gasteiger partial charge in [0.2, 0.25) is 0 Å². The fraction of sp³-hybridized carbons (Fsp3) is 0.400. The molecule has 0 aliphatic carbocycles. The van der Waals surface area contributed by atoms with E-state index < -0.39 is 17.6 Å². The molecule has 0 unspecified atom stereocenters. The van der Waals surface area contributed by atoms with Crippen molar-refractivity contribution in [1.29, 1.82) is 0 Å². The molecule has 0 spiro atoms. The number of hydrogen-bond acceptors (Lipinski definition) is 3. The van der Waals surface area contributed by atoms with Gasteiger partial charge < -0.3 is 9.47 Å². The first kappa shape index (κ1) is 17.3. The van der Waals surface area contributed by atoms with Crippen LogP contribution in [0.3, 0.4) is 0 Å². The van der Waals surface area contributed by atoms with Crippen LogP contribution in [0.15, 0.2) is 22.7 Å². The molecule has 10 heteroatoms. The van der Waals surface area contributed by atoms with Crippen molar-refractivity contribution in [3.63, 3.8) is 0 Å². The summed E-state index contributed by atoms with van der Waals surface area (Å²) in [4.78, 5) is 0. The number of ether oxygens (including phenoxy) is 2. The Balaban J connectivity index is 2.51. The van der Waals surface area contributed by atoms with Crippen LogP contribution in [-0.2, 0) is 0 Å². The van der Waals surface area contributed by atoms with Gasteiger partial charge in [-0.1, -0.05) is 0 Å². The van der Waals surface area contributed by atoms with Gasteiger partial charge in [0.05, 0.1) is 11.1 Å². The average Bonchev–Trinajstić information content (AvgIpc) is 2.25. The lowest BCUT2D eigenvalue weighted by Crippen LogP contribution is -2.17. The highest BCUT2D eigenvalue weighted by atomic mass is 79.9. The van der Waals surface area contributed by atoms with Crippen LogP contribution in [0.2, 0.25) is 0 Å². The second kappa shape index (κ2) is 6.79. The Kier molecular flexibility index (Phi) is 5.87. The minimum absolute atomic E-state index is 0.0178. The van der Waals surface area contributed by atoms with Crippen molar-refractivity contribution in [3.8, 4) is 11.5 Å². The van der Waals surface area contributed by atoms with Gasteiger partial charge in [-0.25, -0.2) is 0 Å². The summed E-state index contributed by atoms with van der Waals surface area (Å²) in [5.74, 6) is -0.647. The molecule has 0 N–H and O–H groups in total. The fourth-order valence-corrected chi connectivity index (χ4v) is 1.93. The zero-order valence-electron chi connectivity index (χ0n) is 9.52. The molecule has 20 heavy (non-hydrogen) atoms. The topological polar surface area (TPSA) is 18.5 Å². The summed E-state index contributed by atoms with van der Waals surface area (Å²) >= 11 is 2.61. The minimum atomic E-state index is -4.83. The molecule has 1 aromatic carbocycles. The molecular weight excluding hydrogens is 378 g/mol. The summed E-state index contributed by atoms with van der Waals surface area (Å²) in [6.07, 6.45) is -4.83. The van der Waals surface area contributed by atoms with Crippen LogP contribution in [0.25, 0.3) is 0 Å². The van der Waals surface area contributed by atoms with E-state index in [2.05, 4.69) is 20.7 Å². The molecule has 114 valence electrons. The average molecular weight is 385 g/mol. The molecule has 0 saturated carbocycles. The van der Waals surface area contributed by atoms with E-state index in [1.807, 2.05) is 0 Å². The predicted octanol–water partition coefficient (Wildman–Crippen LogP) is 4.98. The third-order valence-corrected chi connectivity index (χ3v) is 3.06. The molecule has 0 aliphatic rings. The lowest BCUT2D eigenvalue weighted by molar-refractivity contribution is -0.274. The van der Waals surface area contributed by atoms with E-state index in [0.717, 1.165) is 6.07 Å². The zero-order chi connectivity index (χ0) is 15.4. The van der Waals surface area contributed by atoms with Crippen LogP contribution in [-0.4, -0.2) is 24.2 Å². The normalized spacial score (nSPS) is 12.3. The van der Waals surface area contributed by atoms with Crippen LogP contribution < -0.4 is 9.47 Å². The number of benzene rings is 1. The summed E-state index contributed by atoms with van der Waals surface area (Å²) in [6, 6.07) is 3.35. The summed E-state index contributed by atoms with van der Waals surface area (Å²) in [6.45, 7) is -0.226. The molecule has 0 aromatic heterocycles. The van der Waals surface area contributed by atoms with Crippen LogP contribution in [0.4, 0.5) is 26.3 Å². The van der Waals surface area contributed by atoms with E-state index in [9.17, 15) is 26.3 Å². The molecule has 1 aromatic rings. The molecule has 0 amide bonds. The Bertz CT molecular complexity index is 448. The van der Waals surface area contributed by atoms with Crippen molar-refractivity contribution in [2.75, 3.05) is 12.4 Å². The first-order chi connectivity index (χ1) is 9.07. The smallest absolute Gasteiger partial charge is 0.493 e. The summed E-state index contributed by atoms with van der Waals surface area (Å²) in [7, 11) is 0. The van der Waals surface area contributed by atoms with Crippen molar-refractivity contribution < 1.29 is 35.8 Å². The number of rotatable bonds is 5. The van der Waals surface area contributed by atoms with Crippen molar-refractivity contribution in [1.82, 2.24) is 0 Å². The van der Waals surface area contributed by atoms with Gasteiger partial charge >= 0.3 is 11.9 Å². The van der Waals surface area contributed by atoms with E-state index in [1.54, 1.807) is 0 Å². The van der Waals surface area contributed by atoms with Gasteiger partial charge in [-0.3, -0.25) is 0 Å². The highest BCUT2D eigenvalue weighted by Gasteiger charge is 2.32. The molecule has 0 radical (unpaired) electrons. The second-order valence-electron chi connectivity index (χ2n) is 3.28. The van der Waals surface area contributed by atoms with E-state index in [4.69, 9.17) is 4.74 Å². The molecule has 0 saturated heterocycles. The largest absolute Gasteiger partial charge is 0.573 e. The third-order valence-electron chi connectivity index (χ3n) is 1.75. The number of hydrogen-bond donors (Lipinski definition) is 0. The minimum Gasteiger partial charge on any atom is -0.493 e. The first-order valence-electron chi connectivity index (χ1n) is 4.95. The standard InChI is InChI=1S/C10H7BrF6O2S/c11-7-5-6(18-3-4-20-10(15,16)17)1-2-8(7)19-9(12,13)14/h1-2,5H,3-4H2. The Morgan fingerprint density at radius 3 is 2.25 bits per heavy atom. The highest BCUT2D eigenvalue weighted by molar-refractivity contribution is 9.10. The van der Waals surface area contributed by atoms with Crippen molar-refractivity contribution in [2.45, 2.75) is 11.9 Å². The van der Waals surface area contributed by atoms with Gasteiger partial charge in [0.15, 0.2) is 0 Å². The Morgan fingerprint density at radius 2 is 1.75 bits per heavy atom. The SMILES string of the molecule is FC(F)(F)Oc1ccc(OCCSC(F)(F)F)cc1Br. The van der Waals surface area contributed by atoms with Gasteiger partial charge in [-0.15, -0.1) is 13.2 Å². The monoisotopic (exact) mass is 384 g/mol. The van der Waals surface area contributed by atoms with Gasteiger partial charge in [0.25, 0.3) is 0 Å². The third kappa shape index (κ3) is 7.13. The van der Waals surface area contributed by atoms with E-state index in [-0.39, 0.29) is 34.3 Å². The number of halogens is 7. The fourth-order valence-electron chi connectivity index (χ4n) is 1.10. The van der Waals surface area contributed by atoms with Crippen LogP contribution >= 0.6 is 27.7 Å². The maximum Gasteiger partial charge on any atom is 0.573 e. The molecule has 0 fully saturated rings. The molecule has 0 aliphatic heterocycles. The predicted molar refractivity (Wildman–Crippen MR) is 64.8 cm³/mol. The maximum atomic E-state index is 12.0. The molecule has 0 bridgehead atoms. The van der Waals surface area contributed by atoms with Crippen molar-refractivity contribution in [2.24, 2.45) is 0 Å². The lowest BCUT2D eigenvalue weighted by atomic mass is 10.3. The van der Waals surface area contributed by atoms with Gasteiger partial charge in [-0.05, 0) is 45.9 Å². The van der Waals surface area contributed by atoms with Crippen molar-refractivity contribution >= 4 is 27.7 Å². The van der Waals surface area contributed by atoms with Crippen molar-refractivity contribution in [3.05, 3.63) is 22.7 Å². The van der Waals surface area contributed by atoms with E-state index >= 15 is 0 Å². The quantitative estimate of drug-likeness (QED) is 0.526. The summed E-state index contributed by atoms with van der Waals surface area (Å²) in [5, 5.41) is 0. The second-order valence-corrected chi connectivity index (χ2v) is 5.30. The molecule has 0 heterocycles. The lowest BCUT2D eigenvalue weighted by Gasteiger charge is -2.12.